The Kier molecular flexibility index (Phi) is 2.58. The smallest absolute Gasteiger partial charge is 0.195 e. The van der Waals surface area contributed by atoms with Gasteiger partial charge in [0.1, 0.15) is 0 Å². The summed E-state index contributed by atoms with van der Waals surface area (Å²) in [5.74, 6) is 0. The second kappa shape index (κ2) is 3.06. The largest absolute Gasteiger partial charge is 0.401 e. The van der Waals surface area contributed by atoms with Crippen LogP contribution in [0.2, 0.25) is 0 Å². The van der Waals surface area contributed by atoms with Gasteiger partial charge in [-0.2, -0.15) is 18.6 Å². The van der Waals surface area contributed by atoms with Crippen LogP contribution in [0.15, 0.2) is 4.47 Å². The molecule has 0 aliphatic heterocycles. The average Bonchev–Trinajstić information content (AvgIpc) is 2.15. The van der Waals surface area contributed by atoms with Crippen LogP contribution in [-0.4, -0.2) is 9.78 Å². The van der Waals surface area contributed by atoms with Gasteiger partial charge in [-0.15, -0.1) is 0 Å². The lowest BCUT2D eigenvalue weighted by Gasteiger charge is -2.09. The van der Waals surface area contributed by atoms with Gasteiger partial charge in [-0.25, -0.2) is 0 Å². The number of hydrogen-bond acceptors (Lipinski definition) is 1. The summed E-state index contributed by atoms with van der Waals surface area (Å²) < 4.78 is 26.7. The third kappa shape index (κ3) is 1.69. The average molecular weight is 304 g/mol. The van der Waals surface area contributed by atoms with Crippen LogP contribution in [0.4, 0.5) is 8.78 Å². The molecule has 0 saturated carbocycles. The molecular formula is C6H6Br2F2N2. The van der Waals surface area contributed by atoms with Gasteiger partial charge < -0.3 is 0 Å². The van der Waals surface area contributed by atoms with Gasteiger partial charge in [-0.1, -0.05) is 0 Å². The van der Waals surface area contributed by atoms with Gasteiger partial charge in [0.05, 0.1) is 15.9 Å². The third-order valence-corrected chi connectivity index (χ3v) is 2.93. The summed E-state index contributed by atoms with van der Waals surface area (Å²) in [6.07, 6.45) is 0. The lowest BCUT2D eigenvalue weighted by molar-refractivity contribution is 0.0176. The highest BCUT2D eigenvalue weighted by Gasteiger charge is 2.30. The van der Waals surface area contributed by atoms with Crippen LogP contribution < -0.4 is 0 Å². The lowest BCUT2D eigenvalue weighted by Crippen LogP contribution is -2.17. The maximum absolute atomic E-state index is 12.7. The van der Waals surface area contributed by atoms with Crippen molar-refractivity contribution in [2.75, 3.05) is 0 Å². The molecule has 1 aromatic heterocycles. The minimum atomic E-state index is -3.12. The highest BCUT2D eigenvalue weighted by atomic mass is 79.9. The summed E-state index contributed by atoms with van der Waals surface area (Å²) in [6.45, 7) is 3.23. The van der Waals surface area contributed by atoms with Gasteiger partial charge in [0.2, 0.25) is 0 Å². The Hall–Kier alpha value is 0.0300. The van der Waals surface area contributed by atoms with Crippen LogP contribution in [0, 0.1) is 13.8 Å². The molecule has 0 radical (unpaired) electrons. The molecule has 0 amide bonds. The number of nitrogens with zero attached hydrogens (tertiary/aromatic N) is 2. The van der Waals surface area contributed by atoms with Crippen LogP contribution in [0.5, 0.6) is 0 Å². The van der Waals surface area contributed by atoms with Gasteiger partial charge >= 0.3 is 4.96 Å². The molecule has 68 valence electrons. The standard InChI is InChI=1S/C6H6Br2F2N2/c1-3-5(7)4(2)12(11-3)6(8,9)10/h1-2H3. The fourth-order valence-electron chi connectivity index (χ4n) is 0.871. The zero-order valence-corrected chi connectivity index (χ0v) is 9.58. The summed E-state index contributed by atoms with van der Waals surface area (Å²) in [4.78, 5) is -3.12. The van der Waals surface area contributed by atoms with E-state index in [1.54, 1.807) is 13.8 Å². The highest BCUT2D eigenvalue weighted by Crippen LogP contribution is 2.32. The van der Waals surface area contributed by atoms with E-state index in [1.165, 1.54) is 0 Å². The van der Waals surface area contributed by atoms with Crippen molar-refractivity contribution in [3.05, 3.63) is 15.9 Å². The maximum atomic E-state index is 12.7. The van der Waals surface area contributed by atoms with Crippen molar-refractivity contribution >= 4 is 31.9 Å². The van der Waals surface area contributed by atoms with E-state index in [9.17, 15) is 8.78 Å². The van der Waals surface area contributed by atoms with Crippen molar-refractivity contribution in [1.29, 1.82) is 0 Å². The molecule has 0 bridgehead atoms. The Bertz CT molecular complexity index is 303. The zero-order chi connectivity index (χ0) is 9.52. The predicted molar refractivity (Wildman–Crippen MR) is 48.5 cm³/mol. The van der Waals surface area contributed by atoms with Crippen LogP contribution in [0.25, 0.3) is 0 Å². The SMILES string of the molecule is Cc1nn(C(F)(F)Br)c(C)c1Br. The lowest BCUT2D eigenvalue weighted by atomic mass is 10.4. The van der Waals surface area contributed by atoms with E-state index in [0.29, 0.717) is 20.5 Å². The quantitative estimate of drug-likeness (QED) is 0.729. The first-order chi connectivity index (χ1) is 5.34. The van der Waals surface area contributed by atoms with Crippen LogP contribution in [-0.2, 0) is 4.96 Å². The first-order valence-electron chi connectivity index (χ1n) is 3.13. The zero-order valence-electron chi connectivity index (χ0n) is 6.41. The van der Waals surface area contributed by atoms with Gasteiger partial charge in [0, 0.05) is 15.9 Å². The third-order valence-electron chi connectivity index (χ3n) is 1.44. The summed E-state index contributed by atoms with van der Waals surface area (Å²) in [5, 5.41) is 3.65. The molecule has 0 aromatic carbocycles. The molecule has 12 heavy (non-hydrogen) atoms. The minimum Gasteiger partial charge on any atom is -0.195 e. The Morgan fingerprint density at radius 3 is 2.08 bits per heavy atom. The van der Waals surface area contributed by atoms with Crippen molar-refractivity contribution < 1.29 is 8.78 Å². The highest BCUT2D eigenvalue weighted by molar-refractivity contribution is 9.10. The van der Waals surface area contributed by atoms with Crippen molar-refractivity contribution in [3.63, 3.8) is 0 Å². The van der Waals surface area contributed by atoms with Crippen LogP contribution in [0.3, 0.4) is 0 Å². The number of alkyl halides is 3. The second-order valence-corrected chi connectivity index (χ2v) is 4.11. The number of aromatic nitrogens is 2. The van der Waals surface area contributed by atoms with Gasteiger partial charge in [-0.3, -0.25) is 0 Å². The molecule has 0 spiro atoms. The van der Waals surface area contributed by atoms with Gasteiger partial charge in [-0.05, 0) is 29.8 Å². The normalized spacial score (nSPS) is 12.2. The van der Waals surface area contributed by atoms with E-state index in [-0.39, 0.29) is 0 Å². The Balaban J connectivity index is 3.28. The Morgan fingerprint density at radius 2 is 1.92 bits per heavy atom. The van der Waals surface area contributed by atoms with E-state index in [0.717, 1.165) is 0 Å². The van der Waals surface area contributed by atoms with E-state index >= 15 is 0 Å². The minimum absolute atomic E-state index is 0.398. The Morgan fingerprint density at radius 1 is 1.42 bits per heavy atom. The van der Waals surface area contributed by atoms with Crippen molar-refractivity contribution in [3.8, 4) is 0 Å². The first kappa shape index (κ1) is 10.1. The van der Waals surface area contributed by atoms with E-state index in [1.807, 2.05) is 0 Å². The molecule has 2 nitrogen and oxygen atoms in total. The number of halogens is 4. The second-order valence-electron chi connectivity index (χ2n) is 2.36. The summed E-state index contributed by atoms with van der Waals surface area (Å²) in [5.41, 5.74) is 0.945. The topological polar surface area (TPSA) is 17.8 Å². The fraction of sp³-hybridized carbons (Fsp3) is 0.500. The molecule has 0 aliphatic carbocycles. The number of hydrogen-bond donors (Lipinski definition) is 0. The van der Waals surface area contributed by atoms with E-state index in [4.69, 9.17) is 0 Å². The summed E-state index contributed by atoms with van der Waals surface area (Å²) in [7, 11) is 0. The maximum Gasteiger partial charge on any atom is 0.401 e. The summed E-state index contributed by atoms with van der Waals surface area (Å²) >= 11 is 5.39. The fourth-order valence-corrected chi connectivity index (χ4v) is 1.46. The molecule has 1 aromatic rings. The predicted octanol–water partition coefficient (Wildman–Crippen LogP) is 3.16. The van der Waals surface area contributed by atoms with Crippen molar-refractivity contribution in [2.24, 2.45) is 0 Å². The van der Waals surface area contributed by atoms with Gasteiger partial charge in [0.15, 0.2) is 0 Å². The molecule has 0 saturated heterocycles. The van der Waals surface area contributed by atoms with Gasteiger partial charge in [0.25, 0.3) is 0 Å². The first-order valence-corrected chi connectivity index (χ1v) is 4.71. The van der Waals surface area contributed by atoms with E-state index < -0.39 is 4.96 Å². The van der Waals surface area contributed by atoms with E-state index in [2.05, 4.69) is 37.0 Å². The van der Waals surface area contributed by atoms with Crippen LogP contribution in [0.1, 0.15) is 11.4 Å². The molecule has 1 heterocycles. The Labute approximate surface area is 85.2 Å². The molecule has 0 aliphatic rings. The number of aryl methyl sites for hydroxylation is 1. The molecule has 0 atom stereocenters. The molecule has 1 rings (SSSR count). The molecular weight excluding hydrogens is 298 g/mol. The number of rotatable bonds is 1. The van der Waals surface area contributed by atoms with Crippen molar-refractivity contribution in [2.45, 2.75) is 18.8 Å². The molecule has 0 fully saturated rings. The molecule has 0 unspecified atom stereocenters. The summed E-state index contributed by atoms with van der Waals surface area (Å²) in [6, 6.07) is 0. The van der Waals surface area contributed by atoms with Crippen molar-refractivity contribution in [1.82, 2.24) is 9.78 Å². The monoisotopic (exact) mass is 302 g/mol. The molecule has 0 N–H and O–H groups in total. The van der Waals surface area contributed by atoms with Crippen LogP contribution >= 0.6 is 31.9 Å². The molecule has 6 heteroatoms.